The van der Waals surface area contributed by atoms with Gasteiger partial charge in [-0.1, -0.05) is 106 Å². The van der Waals surface area contributed by atoms with Crippen molar-refractivity contribution in [1.29, 1.82) is 0 Å². The van der Waals surface area contributed by atoms with E-state index in [-0.39, 0.29) is 0 Å². The first kappa shape index (κ1) is 23.7. The van der Waals surface area contributed by atoms with Crippen LogP contribution in [0, 0.1) is 46.3 Å². The van der Waals surface area contributed by atoms with Crippen LogP contribution in [0.2, 0.25) is 12.6 Å². The van der Waals surface area contributed by atoms with Crippen molar-refractivity contribution in [1.82, 2.24) is 0 Å². The molecular weight excluding hydrogens is 371 g/mol. The molecule has 0 amide bonds. The Morgan fingerprint density at radius 3 is 1.39 bits per heavy atom. The molecule has 0 heterocycles. The van der Waals surface area contributed by atoms with Gasteiger partial charge in [-0.15, -0.1) is 12.2 Å². The first-order valence-electron chi connectivity index (χ1n) is 14.2. The SMILES string of the molecule is CCCCC[B-](CCCCC)(C1=CC2CC(C1C)C2(C)C)C1=CC2CC(C1C)C2(C)C. The lowest BCUT2D eigenvalue weighted by Crippen LogP contribution is -2.59. The molecule has 0 spiro atoms. The van der Waals surface area contributed by atoms with Crippen LogP contribution in [-0.2, 0) is 0 Å². The fourth-order valence-corrected chi connectivity index (χ4v) is 9.35. The highest BCUT2D eigenvalue weighted by atomic mass is 14.6. The smallest absolute Gasteiger partial charge is 0.0459 e. The van der Waals surface area contributed by atoms with Crippen molar-refractivity contribution in [2.45, 2.75) is 119 Å². The molecule has 0 aromatic heterocycles. The summed E-state index contributed by atoms with van der Waals surface area (Å²) in [6, 6.07) is 0. The third-order valence-electron chi connectivity index (χ3n) is 11.8. The minimum Gasteiger partial charge on any atom is -0.228 e. The molecule has 176 valence electrons. The highest BCUT2D eigenvalue weighted by Crippen LogP contribution is 2.66. The van der Waals surface area contributed by atoms with Crippen LogP contribution in [-0.4, -0.2) is 6.15 Å². The second kappa shape index (κ2) is 8.40. The molecule has 6 unspecified atom stereocenters. The van der Waals surface area contributed by atoms with E-state index < -0.39 is 6.15 Å². The van der Waals surface area contributed by atoms with E-state index in [1.165, 1.54) is 64.0 Å². The maximum atomic E-state index is 2.88. The average molecular weight is 424 g/mol. The van der Waals surface area contributed by atoms with E-state index in [1.807, 2.05) is 10.9 Å². The summed E-state index contributed by atoms with van der Waals surface area (Å²) in [7, 11) is 0. The van der Waals surface area contributed by atoms with Gasteiger partial charge in [0.1, 0.15) is 0 Å². The number of rotatable bonds is 10. The average Bonchev–Trinajstić information content (AvgIpc) is 2.72. The first-order chi connectivity index (χ1) is 14.6. The fraction of sp³-hybridized carbons (Fsp3) is 0.867. The van der Waals surface area contributed by atoms with Gasteiger partial charge in [-0.05, 0) is 47.3 Å². The number of hydrogen-bond acceptors (Lipinski definition) is 0. The van der Waals surface area contributed by atoms with Crippen LogP contribution >= 0.6 is 0 Å². The van der Waals surface area contributed by atoms with E-state index in [2.05, 4.69) is 67.5 Å². The Morgan fingerprint density at radius 1 is 0.710 bits per heavy atom. The minimum atomic E-state index is -0.528. The van der Waals surface area contributed by atoms with E-state index in [4.69, 9.17) is 0 Å². The summed E-state index contributed by atoms with van der Waals surface area (Å²) < 4.78 is 0. The third-order valence-corrected chi connectivity index (χ3v) is 11.8. The zero-order valence-electron chi connectivity index (χ0n) is 22.3. The quantitative estimate of drug-likeness (QED) is 0.242. The van der Waals surface area contributed by atoms with E-state index in [0.717, 1.165) is 35.5 Å². The molecule has 0 N–H and O–H groups in total. The van der Waals surface area contributed by atoms with Gasteiger partial charge in [-0.3, -0.25) is 0 Å². The molecule has 6 atom stereocenters. The molecule has 31 heavy (non-hydrogen) atoms. The van der Waals surface area contributed by atoms with Crippen LogP contribution in [0.1, 0.15) is 107 Å². The largest absolute Gasteiger partial charge is 0.228 e. The van der Waals surface area contributed by atoms with Gasteiger partial charge in [-0.2, -0.15) is 12.6 Å². The van der Waals surface area contributed by atoms with Gasteiger partial charge in [0.2, 0.25) is 0 Å². The predicted molar refractivity (Wildman–Crippen MR) is 140 cm³/mol. The van der Waals surface area contributed by atoms with E-state index in [1.54, 1.807) is 0 Å². The molecule has 0 nitrogen and oxygen atoms in total. The Balaban J connectivity index is 1.78. The van der Waals surface area contributed by atoms with Gasteiger partial charge >= 0.3 is 0 Å². The molecule has 6 aliphatic rings. The summed E-state index contributed by atoms with van der Waals surface area (Å²) in [4.78, 5) is 0. The van der Waals surface area contributed by atoms with Gasteiger partial charge in [0.05, 0.1) is 0 Å². The Hall–Kier alpha value is -0.455. The molecule has 0 saturated heterocycles. The van der Waals surface area contributed by atoms with Crippen molar-refractivity contribution < 1.29 is 0 Å². The maximum Gasteiger partial charge on any atom is 0.0459 e. The molecule has 0 radical (unpaired) electrons. The third kappa shape index (κ3) is 3.54. The molecular formula is C30H52B-. The Bertz CT molecular complexity index is 661. The first-order valence-corrected chi connectivity index (χ1v) is 14.2. The second-order valence-corrected chi connectivity index (χ2v) is 13.7. The van der Waals surface area contributed by atoms with Crippen molar-refractivity contribution in [3.8, 4) is 0 Å². The lowest BCUT2D eigenvalue weighted by atomic mass is 9.09. The predicted octanol–water partition coefficient (Wildman–Crippen LogP) is 9.37. The lowest BCUT2D eigenvalue weighted by molar-refractivity contribution is -0.0311. The standard InChI is InChI=1S/C30H52B/c1-9-11-13-15-31(16-14-12-10-2,27-19-23-17-25(21(27)3)29(23,5)6)28-20-24-18-26(22(28)4)30(24,7)8/h19-26H,9-18H2,1-8H3/q-1. The van der Waals surface area contributed by atoms with Crippen LogP contribution in [0.4, 0.5) is 0 Å². The molecule has 2 saturated carbocycles. The summed E-state index contributed by atoms with van der Waals surface area (Å²) in [5, 5.41) is 0. The highest BCUT2D eigenvalue weighted by molar-refractivity contribution is 6.93. The van der Waals surface area contributed by atoms with Gasteiger partial charge < -0.3 is 0 Å². The fourth-order valence-electron chi connectivity index (χ4n) is 9.35. The van der Waals surface area contributed by atoms with Crippen LogP contribution in [0.5, 0.6) is 0 Å². The molecule has 6 rings (SSSR count). The van der Waals surface area contributed by atoms with Gasteiger partial charge in [0.15, 0.2) is 0 Å². The Kier molecular flexibility index (Phi) is 6.42. The highest BCUT2D eigenvalue weighted by Gasteiger charge is 2.57. The van der Waals surface area contributed by atoms with Crippen LogP contribution in [0.15, 0.2) is 23.1 Å². The van der Waals surface area contributed by atoms with Crippen molar-refractivity contribution in [2.75, 3.05) is 0 Å². The Labute approximate surface area is 195 Å². The molecule has 0 aromatic rings. The topological polar surface area (TPSA) is 0 Å². The zero-order chi connectivity index (χ0) is 22.6. The number of unbranched alkanes of at least 4 members (excludes halogenated alkanes) is 4. The van der Waals surface area contributed by atoms with Crippen LogP contribution in [0.3, 0.4) is 0 Å². The molecule has 1 heteroatoms. The van der Waals surface area contributed by atoms with Crippen molar-refractivity contribution in [2.24, 2.45) is 46.3 Å². The normalized spacial score (nSPS) is 37.4. The molecule has 6 aliphatic carbocycles. The zero-order valence-corrected chi connectivity index (χ0v) is 22.3. The van der Waals surface area contributed by atoms with Gasteiger partial charge in [0.25, 0.3) is 0 Å². The summed E-state index contributed by atoms with van der Waals surface area (Å²) in [5.74, 6) is 5.11. The summed E-state index contributed by atoms with van der Waals surface area (Å²) in [6.45, 7) is 20.2. The van der Waals surface area contributed by atoms with Gasteiger partial charge in [0, 0.05) is 6.15 Å². The monoisotopic (exact) mass is 423 g/mol. The molecule has 0 aliphatic heterocycles. The van der Waals surface area contributed by atoms with E-state index >= 15 is 0 Å². The maximum absolute atomic E-state index is 2.88. The summed E-state index contributed by atoms with van der Waals surface area (Å²) >= 11 is 0. The van der Waals surface area contributed by atoms with Crippen molar-refractivity contribution >= 4 is 6.15 Å². The summed E-state index contributed by atoms with van der Waals surface area (Å²) in [5.41, 5.74) is 5.00. The summed E-state index contributed by atoms with van der Waals surface area (Å²) in [6.07, 6.45) is 19.5. The Morgan fingerprint density at radius 2 is 1.10 bits per heavy atom. The van der Waals surface area contributed by atoms with Gasteiger partial charge in [-0.25, -0.2) is 10.9 Å². The van der Waals surface area contributed by atoms with E-state index in [0.29, 0.717) is 10.8 Å². The molecule has 2 fully saturated rings. The number of allylic oxidation sites excluding steroid dienone is 4. The second-order valence-electron chi connectivity index (χ2n) is 13.7. The van der Waals surface area contributed by atoms with Crippen molar-refractivity contribution in [3.05, 3.63) is 23.1 Å². The van der Waals surface area contributed by atoms with Crippen LogP contribution in [0.25, 0.3) is 0 Å². The number of hydrogen-bond donors (Lipinski definition) is 0. The van der Waals surface area contributed by atoms with E-state index in [9.17, 15) is 0 Å². The number of fused-ring (bicyclic) bond motifs is 2. The van der Waals surface area contributed by atoms with Crippen molar-refractivity contribution in [3.63, 3.8) is 0 Å². The minimum absolute atomic E-state index is 0.528. The van der Waals surface area contributed by atoms with Crippen LogP contribution < -0.4 is 0 Å². The molecule has 4 bridgehead atoms. The molecule has 0 aromatic carbocycles. The lowest BCUT2D eigenvalue weighted by Gasteiger charge is -2.67.